The van der Waals surface area contributed by atoms with Gasteiger partial charge in [-0.3, -0.25) is 4.79 Å². The van der Waals surface area contributed by atoms with Gasteiger partial charge in [-0.2, -0.15) is 13.2 Å². The molecule has 2 amide bonds. The van der Waals surface area contributed by atoms with Gasteiger partial charge < -0.3 is 20.1 Å². The Labute approximate surface area is 173 Å². The summed E-state index contributed by atoms with van der Waals surface area (Å²) in [6, 6.07) is 5.35. The molecule has 1 aromatic rings. The third kappa shape index (κ3) is 10.1. The van der Waals surface area contributed by atoms with Crippen molar-refractivity contribution >= 4 is 18.0 Å². The van der Waals surface area contributed by atoms with Crippen LogP contribution in [0.2, 0.25) is 0 Å². The van der Waals surface area contributed by atoms with E-state index in [1.807, 2.05) is 5.32 Å². The second-order valence-electron chi connectivity index (χ2n) is 7.52. The lowest BCUT2D eigenvalue weighted by Crippen LogP contribution is -2.54. The number of benzene rings is 1. The molecule has 0 spiro atoms. The number of rotatable bonds is 8. The van der Waals surface area contributed by atoms with Crippen LogP contribution in [0.5, 0.6) is 0 Å². The van der Waals surface area contributed by atoms with Crippen LogP contribution in [0.3, 0.4) is 0 Å². The van der Waals surface area contributed by atoms with Gasteiger partial charge in [0.2, 0.25) is 5.91 Å². The highest BCUT2D eigenvalue weighted by Gasteiger charge is 2.38. The number of hydrogen-bond donors (Lipinski definition) is 2. The second-order valence-corrected chi connectivity index (χ2v) is 7.52. The molecule has 0 heterocycles. The van der Waals surface area contributed by atoms with Crippen molar-refractivity contribution in [2.75, 3.05) is 6.61 Å². The fourth-order valence-electron chi connectivity index (χ4n) is 2.45. The molecule has 30 heavy (non-hydrogen) atoms. The average Bonchev–Trinajstić information content (AvgIpc) is 2.59. The van der Waals surface area contributed by atoms with Crippen molar-refractivity contribution in [3.05, 3.63) is 35.9 Å². The summed E-state index contributed by atoms with van der Waals surface area (Å²) in [4.78, 5) is 36.7. The zero-order chi connectivity index (χ0) is 22.9. The maximum atomic E-state index is 12.9. The number of carbonyl (C=O) groups excluding carboxylic acids is 3. The van der Waals surface area contributed by atoms with E-state index in [-0.39, 0.29) is 13.0 Å². The lowest BCUT2D eigenvalue weighted by atomic mass is 10.0. The van der Waals surface area contributed by atoms with Crippen LogP contribution in [0.15, 0.2) is 30.3 Å². The topological polar surface area (TPSA) is 93.7 Å². The largest absolute Gasteiger partial charge is 0.464 e. The molecule has 0 radical (unpaired) electrons. The van der Waals surface area contributed by atoms with Crippen LogP contribution < -0.4 is 10.6 Å². The first-order valence-corrected chi connectivity index (χ1v) is 9.38. The van der Waals surface area contributed by atoms with Gasteiger partial charge in [0.15, 0.2) is 0 Å². The summed E-state index contributed by atoms with van der Waals surface area (Å²) in [7, 11) is 0. The molecule has 2 atom stereocenters. The van der Waals surface area contributed by atoms with Crippen molar-refractivity contribution in [3.8, 4) is 0 Å². The lowest BCUT2D eigenvalue weighted by molar-refractivity contribution is -0.163. The Bertz CT molecular complexity index is 717. The molecule has 1 aromatic carbocycles. The molecule has 0 bridgehead atoms. The predicted molar refractivity (Wildman–Crippen MR) is 103 cm³/mol. The summed E-state index contributed by atoms with van der Waals surface area (Å²) in [5.41, 5.74) is -0.195. The van der Waals surface area contributed by atoms with E-state index < -0.39 is 48.3 Å². The van der Waals surface area contributed by atoms with E-state index in [1.165, 1.54) is 6.92 Å². The molecule has 2 N–H and O–H groups in total. The molecule has 0 saturated carbocycles. The van der Waals surface area contributed by atoms with E-state index in [0.29, 0.717) is 5.56 Å². The molecule has 0 aliphatic carbocycles. The molecule has 7 nitrogen and oxygen atoms in total. The Morgan fingerprint density at radius 2 is 1.60 bits per heavy atom. The minimum Gasteiger partial charge on any atom is -0.464 e. The number of hydrogen-bond acceptors (Lipinski definition) is 5. The van der Waals surface area contributed by atoms with Crippen molar-refractivity contribution in [2.24, 2.45) is 0 Å². The summed E-state index contributed by atoms with van der Waals surface area (Å²) in [5.74, 6) is -2.18. The van der Waals surface area contributed by atoms with E-state index in [2.05, 4.69) is 10.1 Å². The summed E-state index contributed by atoms with van der Waals surface area (Å²) in [6.07, 6.45) is -7.24. The van der Waals surface area contributed by atoms with Crippen molar-refractivity contribution in [3.63, 3.8) is 0 Å². The first kappa shape index (κ1) is 25.3. The second kappa shape index (κ2) is 10.8. The number of nitrogens with one attached hydrogen (secondary N) is 2. The fraction of sp³-hybridized carbons (Fsp3) is 0.550. The first-order valence-electron chi connectivity index (χ1n) is 9.38. The lowest BCUT2D eigenvalue weighted by Gasteiger charge is -2.25. The first-order chi connectivity index (χ1) is 13.8. The van der Waals surface area contributed by atoms with Gasteiger partial charge >= 0.3 is 18.2 Å². The van der Waals surface area contributed by atoms with E-state index >= 15 is 0 Å². The standard InChI is InChI=1S/C20H27F3N2O5/c1-5-29-17(27)15(12-20(21,22)23)24-16(26)14(11-13-9-7-6-8-10-13)25-18(28)30-19(2,3)4/h6-10,14-15H,5,11-12H2,1-4H3,(H,24,26)(H,25,28)/t14-,15?/m1/s1. The Hall–Kier alpha value is -2.78. The van der Waals surface area contributed by atoms with Crippen LogP contribution in [-0.4, -0.2) is 48.4 Å². The minimum atomic E-state index is -4.71. The highest BCUT2D eigenvalue weighted by molar-refractivity contribution is 5.90. The van der Waals surface area contributed by atoms with E-state index in [9.17, 15) is 27.6 Å². The normalized spacial score (nSPS) is 13.7. The summed E-state index contributed by atoms with van der Waals surface area (Å²) in [6.45, 7) is 6.16. The number of halogens is 3. The molecule has 10 heteroatoms. The Kier molecular flexibility index (Phi) is 9.13. The summed E-state index contributed by atoms with van der Waals surface area (Å²) < 4.78 is 48.3. The van der Waals surface area contributed by atoms with Gasteiger partial charge in [-0.05, 0) is 33.3 Å². The van der Waals surface area contributed by atoms with Gasteiger partial charge in [-0.1, -0.05) is 30.3 Å². The molecule has 0 fully saturated rings. The molecule has 1 unspecified atom stereocenters. The van der Waals surface area contributed by atoms with Gasteiger partial charge in [-0.25, -0.2) is 9.59 Å². The summed E-state index contributed by atoms with van der Waals surface area (Å²) >= 11 is 0. The van der Waals surface area contributed by atoms with Crippen molar-refractivity contribution in [1.29, 1.82) is 0 Å². The average molecular weight is 432 g/mol. The molecule has 168 valence electrons. The zero-order valence-electron chi connectivity index (χ0n) is 17.3. The monoisotopic (exact) mass is 432 g/mol. The molecule has 0 aliphatic heterocycles. The molecule has 1 rings (SSSR count). The number of alkyl carbamates (subject to hydrolysis) is 1. The van der Waals surface area contributed by atoms with E-state index in [1.54, 1.807) is 51.1 Å². The highest BCUT2D eigenvalue weighted by Crippen LogP contribution is 2.22. The Morgan fingerprint density at radius 1 is 1.00 bits per heavy atom. The zero-order valence-corrected chi connectivity index (χ0v) is 17.3. The molecule has 0 aliphatic rings. The van der Waals surface area contributed by atoms with Crippen LogP contribution >= 0.6 is 0 Å². The quantitative estimate of drug-likeness (QED) is 0.616. The van der Waals surface area contributed by atoms with Crippen LogP contribution in [0.25, 0.3) is 0 Å². The van der Waals surface area contributed by atoms with Gasteiger partial charge in [0.25, 0.3) is 0 Å². The third-order valence-electron chi connectivity index (χ3n) is 3.61. The summed E-state index contributed by atoms with van der Waals surface area (Å²) in [5, 5.41) is 4.40. The van der Waals surface area contributed by atoms with Gasteiger partial charge in [0.1, 0.15) is 17.7 Å². The van der Waals surface area contributed by atoms with Crippen LogP contribution in [0.1, 0.15) is 39.7 Å². The van der Waals surface area contributed by atoms with Crippen molar-refractivity contribution in [1.82, 2.24) is 10.6 Å². The van der Waals surface area contributed by atoms with Gasteiger partial charge in [0.05, 0.1) is 13.0 Å². The Balaban J connectivity index is 3.02. The smallest absolute Gasteiger partial charge is 0.408 e. The SMILES string of the molecule is CCOC(=O)C(CC(F)(F)F)NC(=O)[C@@H](Cc1ccccc1)NC(=O)OC(C)(C)C. The molecular formula is C20H27F3N2O5. The maximum absolute atomic E-state index is 12.9. The minimum absolute atomic E-state index is 0.0204. The Morgan fingerprint density at radius 3 is 2.10 bits per heavy atom. The fourth-order valence-corrected chi connectivity index (χ4v) is 2.45. The van der Waals surface area contributed by atoms with Crippen LogP contribution in [-0.2, 0) is 25.5 Å². The number of esters is 1. The van der Waals surface area contributed by atoms with Crippen LogP contribution in [0.4, 0.5) is 18.0 Å². The highest BCUT2D eigenvalue weighted by atomic mass is 19.4. The third-order valence-corrected chi connectivity index (χ3v) is 3.61. The predicted octanol–water partition coefficient (Wildman–Crippen LogP) is 3.12. The molecule has 0 aromatic heterocycles. The molecular weight excluding hydrogens is 405 g/mol. The number of ether oxygens (including phenoxy) is 2. The number of carbonyl (C=O) groups is 3. The van der Waals surface area contributed by atoms with E-state index in [4.69, 9.17) is 4.74 Å². The van der Waals surface area contributed by atoms with Crippen LogP contribution in [0, 0.1) is 0 Å². The van der Waals surface area contributed by atoms with Crippen molar-refractivity contribution < 1.29 is 37.0 Å². The van der Waals surface area contributed by atoms with Gasteiger partial charge in [-0.15, -0.1) is 0 Å². The maximum Gasteiger partial charge on any atom is 0.408 e. The van der Waals surface area contributed by atoms with Crippen molar-refractivity contribution in [2.45, 2.75) is 64.4 Å². The van der Waals surface area contributed by atoms with E-state index in [0.717, 1.165) is 0 Å². The molecule has 0 saturated heterocycles. The van der Waals surface area contributed by atoms with Gasteiger partial charge in [0, 0.05) is 6.42 Å². The number of amides is 2. The number of alkyl halides is 3.